The molecular formula is C54H33N3O. The Balaban J connectivity index is 1.08. The fraction of sp³-hybridized carbons (Fsp3) is 0. The van der Waals surface area contributed by atoms with Gasteiger partial charge in [0.2, 0.25) is 0 Å². The van der Waals surface area contributed by atoms with Gasteiger partial charge in [-0.05, 0) is 78.4 Å². The third kappa shape index (κ3) is 4.23. The van der Waals surface area contributed by atoms with Gasteiger partial charge >= 0.3 is 0 Å². The summed E-state index contributed by atoms with van der Waals surface area (Å²) in [6.45, 7) is 0. The van der Waals surface area contributed by atoms with Gasteiger partial charge in [-0.1, -0.05) is 127 Å². The van der Waals surface area contributed by atoms with Crippen LogP contribution in [0.15, 0.2) is 205 Å². The predicted octanol–water partition coefficient (Wildman–Crippen LogP) is 14.5. The largest absolute Gasteiger partial charge is 0.454 e. The number of furan rings is 1. The molecule has 0 N–H and O–H groups in total. The number of rotatable bonds is 4. The topological polar surface area (TPSA) is 27.9 Å². The van der Waals surface area contributed by atoms with Gasteiger partial charge in [0.25, 0.3) is 0 Å². The first-order valence-corrected chi connectivity index (χ1v) is 19.9. The van der Waals surface area contributed by atoms with Crippen molar-refractivity contribution in [2.75, 3.05) is 0 Å². The van der Waals surface area contributed by atoms with Gasteiger partial charge in [0, 0.05) is 54.3 Å². The third-order valence-corrected chi connectivity index (χ3v) is 12.2. The van der Waals surface area contributed by atoms with Gasteiger partial charge in [-0.15, -0.1) is 0 Å². The molecule has 0 radical (unpaired) electrons. The minimum atomic E-state index is 0.895. The number of hydrogen-bond donors (Lipinski definition) is 0. The molecule has 4 aromatic heterocycles. The maximum atomic E-state index is 6.63. The number of para-hydroxylation sites is 7. The molecule has 4 heteroatoms. The molecule has 0 saturated carbocycles. The number of nitrogens with zero attached hydrogens (tertiary/aromatic N) is 3. The Hall–Kier alpha value is -7.82. The van der Waals surface area contributed by atoms with Crippen LogP contribution in [0, 0.1) is 0 Å². The van der Waals surface area contributed by atoms with Crippen LogP contribution < -0.4 is 0 Å². The van der Waals surface area contributed by atoms with Crippen LogP contribution in [0.3, 0.4) is 0 Å². The zero-order chi connectivity index (χ0) is 37.9. The Morgan fingerprint density at radius 1 is 0.310 bits per heavy atom. The summed E-state index contributed by atoms with van der Waals surface area (Å²) in [6.07, 6.45) is 0. The van der Waals surface area contributed by atoms with E-state index in [4.69, 9.17) is 4.42 Å². The maximum Gasteiger partial charge on any atom is 0.159 e. The molecule has 4 nitrogen and oxygen atoms in total. The van der Waals surface area contributed by atoms with Gasteiger partial charge in [0.15, 0.2) is 5.58 Å². The van der Waals surface area contributed by atoms with E-state index in [0.29, 0.717) is 0 Å². The standard InChI is InChI=1S/C54H33N3O/c1-2-15-35(16-3-1)55-44-24-10-5-18-37(44)42-33-34(29-30-47(42)55)36-17-4-9-23-43(36)56-45-25-11-6-20-40(45)52-48(56)31-32-49-53(52)41-21-7-12-26-46(41)57(49)50-27-14-22-39-38-19-8-13-28-51(38)58-54(39)50/h1-33H. The summed E-state index contributed by atoms with van der Waals surface area (Å²) in [4.78, 5) is 0. The van der Waals surface area contributed by atoms with E-state index in [9.17, 15) is 0 Å². The van der Waals surface area contributed by atoms with Crippen molar-refractivity contribution < 1.29 is 4.42 Å². The highest BCUT2D eigenvalue weighted by Gasteiger charge is 2.23. The molecule has 0 atom stereocenters. The van der Waals surface area contributed by atoms with Crippen molar-refractivity contribution in [3.8, 4) is 28.2 Å². The van der Waals surface area contributed by atoms with E-state index in [1.165, 1.54) is 65.5 Å². The molecule has 0 fully saturated rings. The summed E-state index contributed by atoms with van der Waals surface area (Å²) in [5.41, 5.74) is 14.6. The van der Waals surface area contributed by atoms with E-state index in [2.05, 4.69) is 208 Å². The molecule has 0 bridgehead atoms. The van der Waals surface area contributed by atoms with E-state index in [0.717, 1.165) is 50.0 Å². The van der Waals surface area contributed by atoms with E-state index in [1.807, 2.05) is 6.07 Å². The second-order valence-corrected chi connectivity index (χ2v) is 15.2. The molecular weight excluding hydrogens is 707 g/mol. The fourth-order valence-corrected chi connectivity index (χ4v) is 9.85. The molecule has 0 saturated heterocycles. The molecule has 13 rings (SSSR count). The first-order valence-electron chi connectivity index (χ1n) is 19.9. The molecule has 0 amide bonds. The Morgan fingerprint density at radius 3 is 1.57 bits per heavy atom. The Morgan fingerprint density at radius 2 is 0.828 bits per heavy atom. The fourth-order valence-electron chi connectivity index (χ4n) is 9.85. The zero-order valence-corrected chi connectivity index (χ0v) is 31.3. The van der Waals surface area contributed by atoms with E-state index >= 15 is 0 Å². The van der Waals surface area contributed by atoms with Crippen LogP contribution in [0.4, 0.5) is 0 Å². The molecule has 0 unspecified atom stereocenters. The van der Waals surface area contributed by atoms with Crippen molar-refractivity contribution >= 4 is 87.4 Å². The highest BCUT2D eigenvalue weighted by atomic mass is 16.3. The van der Waals surface area contributed by atoms with Crippen LogP contribution >= 0.6 is 0 Å². The Labute approximate surface area is 332 Å². The summed E-state index contributed by atoms with van der Waals surface area (Å²) in [6, 6.07) is 72.4. The van der Waals surface area contributed by atoms with Crippen LogP contribution in [0.1, 0.15) is 0 Å². The minimum absolute atomic E-state index is 0.895. The van der Waals surface area contributed by atoms with Crippen molar-refractivity contribution in [3.63, 3.8) is 0 Å². The quantitative estimate of drug-likeness (QED) is 0.177. The lowest BCUT2D eigenvalue weighted by atomic mass is 10.0. The SMILES string of the molecule is c1ccc(-n2c3ccccc3c3cc(-c4ccccc4-n4c5ccccc5c5c6c7ccccc7n(-c7cccc8c7oc7ccccc78)c6ccc54)ccc32)cc1. The van der Waals surface area contributed by atoms with Gasteiger partial charge in [0.1, 0.15) is 5.58 Å². The molecule has 0 aliphatic carbocycles. The Kier molecular flexibility index (Phi) is 6.41. The molecule has 0 aliphatic heterocycles. The molecule has 0 spiro atoms. The lowest BCUT2D eigenvalue weighted by Crippen LogP contribution is -1.97. The molecule has 0 aliphatic rings. The van der Waals surface area contributed by atoms with Crippen LogP contribution in [0.5, 0.6) is 0 Å². The predicted molar refractivity (Wildman–Crippen MR) is 242 cm³/mol. The summed E-state index contributed by atoms with van der Waals surface area (Å²) < 4.78 is 13.9. The number of benzene rings is 9. The maximum absolute atomic E-state index is 6.63. The van der Waals surface area contributed by atoms with Crippen molar-refractivity contribution in [1.82, 2.24) is 13.7 Å². The highest BCUT2D eigenvalue weighted by molar-refractivity contribution is 6.29. The lowest BCUT2D eigenvalue weighted by molar-refractivity contribution is 0.666. The Bertz CT molecular complexity index is 3800. The number of aromatic nitrogens is 3. The van der Waals surface area contributed by atoms with Gasteiger partial charge in [-0.2, -0.15) is 0 Å². The second-order valence-electron chi connectivity index (χ2n) is 15.2. The molecule has 58 heavy (non-hydrogen) atoms. The van der Waals surface area contributed by atoms with E-state index in [-0.39, 0.29) is 0 Å². The average Bonchev–Trinajstić information content (AvgIpc) is 4.03. The normalized spacial score (nSPS) is 12.1. The molecule has 9 aromatic carbocycles. The first-order chi connectivity index (χ1) is 28.8. The van der Waals surface area contributed by atoms with E-state index < -0.39 is 0 Å². The van der Waals surface area contributed by atoms with Crippen LogP contribution in [0.2, 0.25) is 0 Å². The third-order valence-electron chi connectivity index (χ3n) is 12.2. The van der Waals surface area contributed by atoms with Gasteiger partial charge in [-0.3, -0.25) is 0 Å². The van der Waals surface area contributed by atoms with Crippen molar-refractivity contribution in [2.24, 2.45) is 0 Å². The first kappa shape index (κ1) is 31.4. The molecule has 270 valence electrons. The monoisotopic (exact) mass is 739 g/mol. The van der Waals surface area contributed by atoms with Crippen molar-refractivity contribution in [2.45, 2.75) is 0 Å². The smallest absolute Gasteiger partial charge is 0.159 e. The van der Waals surface area contributed by atoms with Gasteiger partial charge in [0.05, 0.1) is 44.5 Å². The van der Waals surface area contributed by atoms with Crippen LogP contribution in [0.25, 0.3) is 116 Å². The number of hydrogen-bond acceptors (Lipinski definition) is 1. The average molecular weight is 740 g/mol. The lowest BCUT2D eigenvalue weighted by Gasteiger charge is -2.15. The summed E-state index contributed by atoms with van der Waals surface area (Å²) in [7, 11) is 0. The summed E-state index contributed by atoms with van der Waals surface area (Å²) in [5, 5.41) is 9.66. The number of fused-ring (bicyclic) bond motifs is 13. The second kappa shape index (κ2) is 11.8. The molecule has 4 heterocycles. The highest BCUT2D eigenvalue weighted by Crippen LogP contribution is 2.45. The van der Waals surface area contributed by atoms with Crippen LogP contribution in [-0.2, 0) is 0 Å². The van der Waals surface area contributed by atoms with Crippen molar-refractivity contribution in [3.05, 3.63) is 200 Å². The van der Waals surface area contributed by atoms with Crippen molar-refractivity contribution in [1.29, 1.82) is 0 Å². The summed E-state index contributed by atoms with van der Waals surface area (Å²) in [5.74, 6) is 0. The molecule has 13 aromatic rings. The van der Waals surface area contributed by atoms with Crippen LogP contribution in [-0.4, -0.2) is 13.7 Å². The summed E-state index contributed by atoms with van der Waals surface area (Å²) >= 11 is 0. The van der Waals surface area contributed by atoms with Gasteiger partial charge in [-0.25, -0.2) is 0 Å². The minimum Gasteiger partial charge on any atom is -0.454 e. The zero-order valence-electron chi connectivity index (χ0n) is 31.3. The van der Waals surface area contributed by atoms with Gasteiger partial charge < -0.3 is 18.1 Å². The van der Waals surface area contributed by atoms with E-state index in [1.54, 1.807) is 0 Å².